The monoisotopic (exact) mass is 397 g/mol. The number of benzene rings is 1. The number of carboxylic acids is 1. The summed E-state index contributed by atoms with van der Waals surface area (Å²) in [6, 6.07) is 3.50. The fourth-order valence-electron chi connectivity index (χ4n) is 4.19. The highest BCUT2D eigenvalue weighted by atomic mass is 79.9. The first-order valence-electron chi connectivity index (χ1n) is 7.64. The van der Waals surface area contributed by atoms with E-state index in [9.17, 15) is 18.3 Å². The Bertz CT molecular complexity index is 898. The number of rotatable bonds is 2. The van der Waals surface area contributed by atoms with Crippen molar-refractivity contribution in [1.82, 2.24) is 4.98 Å². The number of sulfone groups is 1. The Kier molecular flexibility index (Phi) is 3.36. The summed E-state index contributed by atoms with van der Waals surface area (Å²) in [7, 11) is -2.95. The zero-order chi connectivity index (χ0) is 16.4. The van der Waals surface area contributed by atoms with E-state index in [0.29, 0.717) is 18.4 Å². The molecule has 2 N–H and O–H groups in total. The summed E-state index contributed by atoms with van der Waals surface area (Å²) in [5, 5.41) is 9.78. The zero-order valence-corrected chi connectivity index (χ0v) is 14.7. The molecule has 2 fully saturated rings. The lowest BCUT2D eigenvalue weighted by molar-refractivity contribution is 0.0698. The molecule has 7 heteroatoms. The predicted octanol–water partition coefficient (Wildman–Crippen LogP) is 3.45. The minimum atomic E-state index is -2.95. The van der Waals surface area contributed by atoms with Gasteiger partial charge in [-0.1, -0.05) is 15.9 Å². The van der Waals surface area contributed by atoms with E-state index < -0.39 is 15.8 Å². The lowest BCUT2D eigenvalue weighted by Crippen LogP contribution is -2.31. The van der Waals surface area contributed by atoms with Crippen LogP contribution in [0.2, 0.25) is 0 Å². The van der Waals surface area contributed by atoms with Crippen molar-refractivity contribution >= 4 is 42.6 Å². The molecule has 2 bridgehead atoms. The third kappa shape index (κ3) is 2.24. The standard InChI is InChI=1S/C16H16BrNO4S/c17-9-5-12-14(7-18-15(12)13(6-9)16(19)20)8-3-10-1-2-11(4-8)23(10,21)22/h5-8,10-11,18H,1-4H2,(H,19,20). The van der Waals surface area contributed by atoms with Crippen LogP contribution in [0, 0.1) is 0 Å². The summed E-state index contributed by atoms with van der Waals surface area (Å²) in [5.74, 6) is -0.809. The molecule has 23 heavy (non-hydrogen) atoms. The summed E-state index contributed by atoms with van der Waals surface area (Å²) < 4.78 is 25.2. The Labute approximate surface area is 142 Å². The Hall–Kier alpha value is -1.34. The van der Waals surface area contributed by atoms with Gasteiger partial charge in [0.2, 0.25) is 0 Å². The average Bonchev–Trinajstić information content (AvgIpc) is 2.90. The zero-order valence-electron chi connectivity index (χ0n) is 12.3. The minimum Gasteiger partial charge on any atom is -0.478 e. The van der Waals surface area contributed by atoms with Gasteiger partial charge < -0.3 is 10.1 Å². The number of aromatic carboxylic acids is 1. The van der Waals surface area contributed by atoms with Crippen molar-refractivity contribution in [2.45, 2.75) is 42.1 Å². The van der Waals surface area contributed by atoms with E-state index in [-0.39, 0.29) is 22.0 Å². The normalized spacial score (nSPS) is 29.0. The maximum absolute atomic E-state index is 12.3. The lowest BCUT2D eigenvalue weighted by atomic mass is 9.90. The second-order valence-corrected chi connectivity index (χ2v) is 9.93. The molecule has 0 amide bonds. The maximum atomic E-state index is 12.3. The van der Waals surface area contributed by atoms with Crippen LogP contribution in [0.4, 0.5) is 0 Å². The Morgan fingerprint density at radius 2 is 1.87 bits per heavy atom. The summed E-state index contributed by atoms with van der Waals surface area (Å²) >= 11 is 3.38. The van der Waals surface area contributed by atoms with Gasteiger partial charge in [-0.2, -0.15) is 0 Å². The topological polar surface area (TPSA) is 87.2 Å². The second kappa shape index (κ2) is 5.08. The predicted molar refractivity (Wildman–Crippen MR) is 90.7 cm³/mol. The van der Waals surface area contributed by atoms with Crippen molar-refractivity contribution in [3.8, 4) is 0 Å². The molecule has 2 aliphatic rings. The molecular formula is C16H16BrNO4S. The minimum absolute atomic E-state index is 0.167. The lowest BCUT2D eigenvalue weighted by Gasteiger charge is -2.27. The molecule has 2 saturated heterocycles. The van der Waals surface area contributed by atoms with Gasteiger partial charge in [-0.3, -0.25) is 0 Å². The van der Waals surface area contributed by atoms with E-state index in [1.807, 2.05) is 12.3 Å². The highest BCUT2D eigenvalue weighted by molar-refractivity contribution is 9.10. The highest BCUT2D eigenvalue weighted by Gasteiger charge is 2.47. The van der Waals surface area contributed by atoms with E-state index in [4.69, 9.17) is 0 Å². The van der Waals surface area contributed by atoms with Crippen LogP contribution in [0.3, 0.4) is 0 Å². The maximum Gasteiger partial charge on any atom is 0.337 e. The number of nitrogens with one attached hydrogen (secondary N) is 1. The smallest absolute Gasteiger partial charge is 0.337 e. The number of hydrogen-bond acceptors (Lipinski definition) is 3. The number of carbonyl (C=O) groups is 1. The Morgan fingerprint density at radius 3 is 2.48 bits per heavy atom. The molecule has 1 aromatic carbocycles. The fraction of sp³-hybridized carbons (Fsp3) is 0.438. The fourth-order valence-corrected chi connectivity index (χ4v) is 7.12. The van der Waals surface area contributed by atoms with Crippen LogP contribution in [0.1, 0.15) is 47.5 Å². The summed E-state index contributed by atoms with van der Waals surface area (Å²) in [6.45, 7) is 0. The first-order chi connectivity index (χ1) is 10.9. The number of carboxylic acid groups (broad SMARTS) is 1. The van der Waals surface area contributed by atoms with Crippen LogP contribution < -0.4 is 0 Å². The van der Waals surface area contributed by atoms with Crippen LogP contribution in [0.25, 0.3) is 10.9 Å². The van der Waals surface area contributed by atoms with Gasteiger partial charge in [0.15, 0.2) is 9.84 Å². The van der Waals surface area contributed by atoms with Crippen LogP contribution in [-0.2, 0) is 9.84 Å². The van der Waals surface area contributed by atoms with Gasteiger partial charge in [-0.05, 0) is 49.3 Å². The van der Waals surface area contributed by atoms with E-state index in [2.05, 4.69) is 20.9 Å². The third-order valence-electron chi connectivity index (χ3n) is 5.29. The van der Waals surface area contributed by atoms with E-state index in [0.717, 1.165) is 28.3 Å². The molecule has 0 saturated carbocycles. The molecule has 2 aromatic rings. The van der Waals surface area contributed by atoms with Crippen molar-refractivity contribution in [3.63, 3.8) is 0 Å². The molecule has 0 radical (unpaired) electrons. The number of aromatic nitrogens is 1. The molecule has 0 spiro atoms. The largest absolute Gasteiger partial charge is 0.478 e. The molecule has 2 aliphatic heterocycles. The van der Waals surface area contributed by atoms with Crippen molar-refractivity contribution in [2.24, 2.45) is 0 Å². The first kappa shape index (κ1) is 15.2. The quantitative estimate of drug-likeness (QED) is 0.811. The van der Waals surface area contributed by atoms with Crippen LogP contribution >= 0.6 is 15.9 Å². The van der Waals surface area contributed by atoms with E-state index in [1.54, 1.807) is 6.07 Å². The van der Waals surface area contributed by atoms with Crippen LogP contribution in [0.15, 0.2) is 22.8 Å². The number of aromatic amines is 1. The highest BCUT2D eigenvalue weighted by Crippen LogP contribution is 2.46. The molecule has 3 heterocycles. The molecule has 5 nitrogen and oxygen atoms in total. The summed E-state index contributed by atoms with van der Waals surface area (Å²) in [6.07, 6.45) is 4.65. The van der Waals surface area contributed by atoms with Gasteiger partial charge in [0.1, 0.15) is 0 Å². The van der Waals surface area contributed by atoms with E-state index in [1.165, 1.54) is 0 Å². The molecule has 0 aliphatic carbocycles. The Morgan fingerprint density at radius 1 is 1.22 bits per heavy atom. The van der Waals surface area contributed by atoms with E-state index >= 15 is 0 Å². The van der Waals surface area contributed by atoms with Gasteiger partial charge in [-0.15, -0.1) is 0 Å². The number of halogens is 1. The average molecular weight is 398 g/mol. The van der Waals surface area contributed by atoms with Crippen molar-refractivity contribution in [1.29, 1.82) is 0 Å². The number of hydrogen-bond donors (Lipinski definition) is 2. The van der Waals surface area contributed by atoms with Gasteiger partial charge in [-0.25, -0.2) is 13.2 Å². The van der Waals surface area contributed by atoms with Crippen molar-refractivity contribution < 1.29 is 18.3 Å². The molecule has 2 unspecified atom stereocenters. The summed E-state index contributed by atoms with van der Waals surface area (Å²) in [5.41, 5.74) is 1.87. The molecule has 122 valence electrons. The van der Waals surface area contributed by atoms with Crippen LogP contribution in [-0.4, -0.2) is 35.0 Å². The second-order valence-electron chi connectivity index (χ2n) is 6.50. The molecule has 4 rings (SSSR count). The first-order valence-corrected chi connectivity index (χ1v) is 10.0. The third-order valence-corrected chi connectivity index (χ3v) is 8.46. The summed E-state index contributed by atoms with van der Waals surface area (Å²) in [4.78, 5) is 14.5. The van der Waals surface area contributed by atoms with Crippen molar-refractivity contribution in [3.05, 3.63) is 33.9 Å². The SMILES string of the molecule is O=C(O)c1cc(Br)cc2c(C3CC4CCC(C3)S4(=O)=O)c[nH]c12. The van der Waals surface area contributed by atoms with Crippen molar-refractivity contribution in [2.75, 3.05) is 0 Å². The van der Waals surface area contributed by atoms with Crippen LogP contribution in [0.5, 0.6) is 0 Å². The van der Waals surface area contributed by atoms with Gasteiger partial charge >= 0.3 is 5.97 Å². The number of fused-ring (bicyclic) bond motifs is 3. The molecule has 1 aromatic heterocycles. The van der Waals surface area contributed by atoms with Gasteiger partial charge in [0.25, 0.3) is 0 Å². The Balaban J connectivity index is 1.81. The number of H-pyrrole nitrogens is 1. The molecular weight excluding hydrogens is 382 g/mol. The van der Waals surface area contributed by atoms with Gasteiger partial charge in [0, 0.05) is 16.1 Å². The van der Waals surface area contributed by atoms with Gasteiger partial charge in [0.05, 0.1) is 21.6 Å². The molecule has 2 atom stereocenters.